The van der Waals surface area contributed by atoms with E-state index in [1.165, 1.54) is 0 Å². The number of carbonyl (C=O) groups excluding carboxylic acids is 1. The summed E-state index contributed by atoms with van der Waals surface area (Å²) in [5.74, 6) is 0.980. The van der Waals surface area contributed by atoms with Gasteiger partial charge < -0.3 is 14.5 Å². The van der Waals surface area contributed by atoms with Crippen molar-refractivity contribution in [1.82, 2.24) is 14.9 Å². The lowest BCUT2D eigenvalue weighted by Gasteiger charge is -2.35. The van der Waals surface area contributed by atoms with Gasteiger partial charge in [-0.3, -0.25) is 0 Å². The molecule has 2 rings (SSSR count). The summed E-state index contributed by atoms with van der Waals surface area (Å²) in [5, 5.41) is 0.448. The van der Waals surface area contributed by atoms with Crippen LogP contribution >= 0.6 is 11.6 Å². The van der Waals surface area contributed by atoms with Gasteiger partial charge in [-0.1, -0.05) is 11.6 Å². The number of rotatable bonds is 3. The number of ether oxygens (including phenoxy) is 1. The van der Waals surface area contributed by atoms with E-state index in [0.29, 0.717) is 23.6 Å². The number of nitrogens with zero attached hydrogens (tertiary/aromatic N) is 4. The molecule has 1 aliphatic heterocycles. The van der Waals surface area contributed by atoms with Crippen molar-refractivity contribution < 1.29 is 9.53 Å². The van der Waals surface area contributed by atoms with E-state index < -0.39 is 5.60 Å². The summed E-state index contributed by atoms with van der Waals surface area (Å²) < 4.78 is 5.48. The summed E-state index contributed by atoms with van der Waals surface area (Å²) in [6, 6.07) is 1.74. The predicted molar refractivity (Wildman–Crippen MR) is 95.6 cm³/mol. The Balaban J connectivity index is 1.96. The minimum Gasteiger partial charge on any atom is -0.444 e. The van der Waals surface area contributed by atoms with Crippen LogP contribution in [-0.4, -0.2) is 53.2 Å². The Kier molecular flexibility index (Phi) is 5.91. The molecule has 1 unspecified atom stereocenters. The van der Waals surface area contributed by atoms with Gasteiger partial charge in [-0.05, 0) is 52.5 Å². The number of carbonyl (C=O) groups is 1. The molecule has 0 N–H and O–H groups in total. The lowest BCUT2D eigenvalue weighted by molar-refractivity contribution is 0.0170. The van der Waals surface area contributed by atoms with E-state index in [-0.39, 0.29) is 6.09 Å². The fraction of sp³-hybridized carbons (Fsp3) is 0.706. The predicted octanol–water partition coefficient (Wildman–Crippen LogP) is 3.52. The minimum atomic E-state index is -0.465. The Hall–Kier alpha value is -1.56. The third-order valence-corrected chi connectivity index (χ3v) is 4.05. The zero-order chi connectivity index (χ0) is 17.9. The number of likely N-dealkylation sites (tertiary alicyclic amines) is 1. The monoisotopic (exact) mass is 354 g/mol. The Morgan fingerprint density at radius 1 is 1.46 bits per heavy atom. The molecular formula is C17H27ClN4O2. The van der Waals surface area contributed by atoms with Crippen molar-refractivity contribution in [3.05, 3.63) is 16.9 Å². The maximum absolute atomic E-state index is 12.3. The van der Waals surface area contributed by atoms with Crippen LogP contribution < -0.4 is 4.90 Å². The second kappa shape index (κ2) is 7.55. The van der Waals surface area contributed by atoms with E-state index in [4.69, 9.17) is 16.3 Å². The molecule has 0 aliphatic carbocycles. The lowest BCUT2D eigenvalue weighted by atomic mass is 9.98. The molecule has 0 aromatic carbocycles. The van der Waals surface area contributed by atoms with Crippen LogP contribution in [0.4, 0.5) is 10.7 Å². The number of aromatic nitrogens is 2. The molecule has 0 radical (unpaired) electrons. The highest BCUT2D eigenvalue weighted by Crippen LogP contribution is 2.21. The van der Waals surface area contributed by atoms with Crippen LogP contribution in [0, 0.1) is 12.8 Å². The first-order valence-corrected chi connectivity index (χ1v) is 8.72. The first kappa shape index (κ1) is 18.8. The fourth-order valence-electron chi connectivity index (χ4n) is 2.86. The maximum atomic E-state index is 12.3. The van der Waals surface area contributed by atoms with Gasteiger partial charge in [0.1, 0.15) is 10.8 Å². The topological polar surface area (TPSA) is 58.6 Å². The van der Waals surface area contributed by atoms with Gasteiger partial charge in [0, 0.05) is 32.4 Å². The van der Waals surface area contributed by atoms with Crippen LogP contribution in [0.1, 0.15) is 39.3 Å². The van der Waals surface area contributed by atoms with Crippen molar-refractivity contribution in [2.24, 2.45) is 5.92 Å². The molecule has 0 spiro atoms. The van der Waals surface area contributed by atoms with Crippen LogP contribution in [0.2, 0.25) is 5.15 Å². The molecule has 6 nitrogen and oxygen atoms in total. The summed E-state index contributed by atoms with van der Waals surface area (Å²) in [4.78, 5) is 24.8. The zero-order valence-electron chi connectivity index (χ0n) is 15.2. The van der Waals surface area contributed by atoms with Gasteiger partial charge in [0.2, 0.25) is 5.95 Å². The standard InChI is InChI=1S/C17H27ClN4O2/c1-12-9-14(18)20-15(19-12)21(5)10-13-7-6-8-22(11-13)16(23)24-17(2,3)4/h9,13H,6-8,10-11H2,1-5H3. The van der Waals surface area contributed by atoms with Crippen molar-refractivity contribution in [3.8, 4) is 0 Å². The average Bonchev–Trinajstić information content (AvgIpc) is 2.44. The summed E-state index contributed by atoms with van der Waals surface area (Å²) >= 11 is 6.02. The molecule has 1 saturated heterocycles. The normalized spacial score (nSPS) is 18.4. The molecule has 1 fully saturated rings. The Morgan fingerprint density at radius 3 is 2.79 bits per heavy atom. The number of hydrogen-bond acceptors (Lipinski definition) is 5. The molecule has 0 bridgehead atoms. The van der Waals surface area contributed by atoms with E-state index >= 15 is 0 Å². The number of anilines is 1. The molecule has 134 valence electrons. The van der Waals surface area contributed by atoms with Crippen molar-refractivity contribution in [2.45, 2.75) is 46.1 Å². The summed E-state index contributed by atoms with van der Waals surface area (Å²) in [6.07, 6.45) is 1.82. The molecule has 1 aromatic rings. The van der Waals surface area contributed by atoms with E-state index in [9.17, 15) is 4.79 Å². The Labute approximate surface area is 149 Å². The smallest absolute Gasteiger partial charge is 0.410 e. The van der Waals surface area contributed by atoms with Crippen LogP contribution in [0.15, 0.2) is 6.07 Å². The van der Waals surface area contributed by atoms with Gasteiger partial charge in [0.15, 0.2) is 0 Å². The van der Waals surface area contributed by atoms with Gasteiger partial charge in [0.05, 0.1) is 0 Å². The van der Waals surface area contributed by atoms with Gasteiger partial charge in [-0.15, -0.1) is 0 Å². The fourth-order valence-corrected chi connectivity index (χ4v) is 3.09. The van der Waals surface area contributed by atoms with E-state index in [1.807, 2.05) is 39.6 Å². The van der Waals surface area contributed by atoms with Crippen molar-refractivity contribution in [1.29, 1.82) is 0 Å². The quantitative estimate of drug-likeness (QED) is 0.777. The third kappa shape index (κ3) is 5.51. The summed E-state index contributed by atoms with van der Waals surface area (Å²) in [7, 11) is 1.96. The molecule has 1 aromatic heterocycles. The van der Waals surface area contributed by atoms with E-state index in [0.717, 1.165) is 31.6 Å². The highest BCUT2D eigenvalue weighted by molar-refractivity contribution is 6.29. The molecule has 1 aliphatic rings. The highest BCUT2D eigenvalue weighted by atomic mass is 35.5. The van der Waals surface area contributed by atoms with Crippen LogP contribution in [0.25, 0.3) is 0 Å². The molecule has 1 atom stereocenters. The summed E-state index contributed by atoms with van der Waals surface area (Å²) in [5.41, 5.74) is 0.378. The Morgan fingerprint density at radius 2 is 2.17 bits per heavy atom. The maximum Gasteiger partial charge on any atom is 0.410 e. The van der Waals surface area contributed by atoms with Gasteiger partial charge in [-0.2, -0.15) is 0 Å². The molecule has 7 heteroatoms. The largest absolute Gasteiger partial charge is 0.444 e. The second-order valence-corrected chi connectivity index (χ2v) is 7.83. The second-order valence-electron chi connectivity index (χ2n) is 7.45. The Bertz CT molecular complexity index is 568. The van der Waals surface area contributed by atoms with Gasteiger partial charge in [-0.25, -0.2) is 14.8 Å². The number of halogens is 1. The first-order valence-electron chi connectivity index (χ1n) is 8.34. The number of amides is 1. The average molecular weight is 355 g/mol. The molecule has 2 heterocycles. The first-order chi connectivity index (χ1) is 11.1. The SMILES string of the molecule is Cc1cc(Cl)nc(N(C)CC2CCCN(C(=O)OC(C)(C)C)C2)n1. The molecule has 1 amide bonds. The van der Waals surface area contributed by atoms with Gasteiger partial charge in [0.25, 0.3) is 0 Å². The van der Waals surface area contributed by atoms with Crippen LogP contribution in [0.5, 0.6) is 0 Å². The van der Waals surface area contributed by atoms with Crippen molar-refractivity contribution in [3.63, 3.8) is 0 Å². The highest BCUT2D eigenvalue weighted by Gasteiger charge is 2.28. The van der Waals surface area contributed by atoms with E-state index in [1.54, 1.807) is 11.0 Å². The number of piperidine rings is 1. The van der Waals surface area contributed by atoms with Gasteiger partial charge >= 0.3 is 6.09 Å². The van der Waals surface area contributed by atoms with Crippen LogP contribution in [0.3, 0.4) is 0 Å². The number of aryl methyl sites for hydroxylation is 1. The van der Waals surface area contributed by atoms with Crippen molar-refractivity contribution in [2.75, 3.05) is 31.6 Å². The molecular weight excluding hydrogens is 328 g/mol. The third-order valence-electron chi connectivity index (χ3n) is 3.86. The van der Waals surface area contributed by atoms with Crippen LogP contribution in [-0.2, 0) is 4.74 Å². The molecule has 24 heavy (non-hydrogen) atoms. The molecule has 0 saturated carbocycles. The summed E-state index contributed by atoms with van der Waals surface area (Å²) in [6.45, 7) is 9.78. The van der Waals surface area contributed by atoms with Crippen molar-refractivity contribution >= 4 is 23.6 Å². The lowest BCUT2D eigenvalue weighted by Crippen LogP contribution is -2.45. The minimum absolute atomic E-state index is 0.232. The van der Waals surface area contributed by atoms with E-state index in [2.05, 4.69) is 9.97 Å². The zero-order valence-corrected chi connectivity index (χ0v) is 15.9. The number of hydrogen-bond donors (Lipinski definition) is 0.